The predicted molar refractivity (Wildman–Crippen MR) is 129 cm³/mol. The van der Waals surface area contributed by atoms with Gasteiger partial charge in [0.25, 0.3) is 0 Å². The Morgan fingerprint density at radius 3 is 2.69 bits per heavy atom. The summed E-state index contributed by atoms with van der Waals surface area (Å²) < 4.78 is 6.11. The molecule has 1 radical (unpaired) electrons. The van der Waals surface area contributed by atoms with Crippen LogP contribution in [0.1, 0.15) is 41.0 Å². The van der Waals surface area contributed by atoms with E-state index >= 15 is 0 Å². The van der Waals surface area contributed by atoms with E-state index in [2.05, 4.69) is 82.2 Å². The van der Waals surface area contributed by atoms with Crippen LogP contribution in [-0.2, 0) is 4.43 Å². The van der Waals surface area contributed by atoms with Crippen molar-refractivity contribution in [3.8, 4) is 0 Å². The molecule has 149 valence electrons. The molecule has 0 spiro atoms. The Kier molecular flexibility index (Phi) is 4.26. The highest BCUT2D eigenvalue weighted by atomic mass is 28.4. The minimum absolute atomic E-state index is 0.397. The summed E-state index contributed by atoms with van der Waals surface area (Å²) in [5, 5.41) is 3.36. The molecular weight excluding hydrogens is 384 g/mol. The molecule has 0 saturated heterocycles. The average molecular weight is 416 g/mol. The van der Waals surface area contributed by atoms with Gasteiger partial charge in [0.05, 0.1) is 0 Å². The van der Waals surface area contributed by atoms with Crippen LogP contribution in [0.5, 0.6) is 0 Å². The molecule has 1 nitrogen and oxygen atoms in total. The molecule has 3 aliphatic carbocycles. The minimum atomic E-state index is -1.52. The fourth-order valence-electron chi connectivity index (χ4n) is 5.76. The van der Waals surface area contributed by atoms with Gasteiger partial charge in [0.15, 0.2) is 8.32 Å². The van der Waals surface area contributed by atoms with E-state index in [1.165, 1.54) is 22.3 Å². The molecule has 2 heterocycles. The molecule has 5 aliphatic rings. The fourth-order valence-corrected chi connectivity index (χ4v) is 10.4. The lowest BCUT2D eigenvalue weighted by molar-refractivity contribution is 0.316. The molecule has 1 aromatic carbocycles. The van der Waals surface area contributed by atoms with Gasteiger partial charge in [0, 0.05) is 12.5 Å². The van der Waals surface area contributed by atoms with Crippen LogP contribution in [0.4, 0.5) is 0 Å². The zero-order valence-electron chi connectivity index (χ0n) is 18.6. The summed E-state index contributed by atoms with van der Waals surface area (Å²) in [6, 6.07) is 0. The molecule has 2 aliphatic heterocycles. The van der Waals surface area contributed by atoms with Crippen LogP contribution in [0.2, 0.25) is 32.7 Å². The molecule has 1 aromatic rings. The minimum Gasteiger partial charge on any atom is -0.417 e. The van der Waals surface area contributed by atoms with E-state index in [1.54, 1.807) is 27.1 Å². The van der Waals surface area contributed by atoms with E-state index in [0.29, 0.717) is 5.92 Å². The van der Waals surface area contributed by atoms with Gasteiger partial charge in [-0.25, -0.2) is 0 Å². The molecular formula is C26H31OSi2. The molecule has 0 N–H and O–H groups in total. The van der Waals surface area contributed by atoms with Gasteiger partial charge in [0.2, 0.25) is 0 Å². The molecule has 3 heteroatoms. The van der Waals surface area contributed by atoms with Crippen molar-refractivity contribution in [3.63, 3.8) is 0 Å². The quantitative estimate of drug-likeness (QED) is 0.586. The summed E-state index contributed by atoms with van der Waals surface area (Å²) in [4.78, 5) is 0. The average Bonchev–Trinajstić information content (AvgIpc) is 3.24. The molecule has 0 fully saturated rings. The topological polar surface area (TPSA) is 9.23 Å². The Bertz CT molecular complexity index is 1070. The Hall–Kier alpha value is -1.69. The second-order valence-electron chi connectivity index (χ2n) is 10.3. The van der Waals surface area contributed by atoms with Gasteiger partial charge < -0.3 is 4.43 Å². The van der Waals surface area contributed by atoms with Crippen LogP contribution in [0, 0.1) is 13.0 Å². The number of benzene rings is 1. The zero-order valence-corrected chi connectivity index (χ0v) is 20.6. The number of hydrogen-bond acceptors (Lipinski definition) is 1. The van der Waals surface area contributed by atoms with Crippen LogP contribution in [0.25, 0.3) is 5.57 Å². The van der Waals surface area contributed by atoms with Crippen molar-refractivity contribution in [1.29, 1.82) is 0 Å². The van der Waals surface area contributed by atoms with Crippen molar-refractivity contribution in [1.82, 2.24) is 0 Å². The van der Waals surface area contributed by atoms with Crippen LogP contribution in [0.15, 0.2) is 47.6 Å². The summed E-state index contributed by atoms with van der Waals surface area (Å²) in [6.07, 6.45) is 19.8. The van der Waals surface area contributed by atoms with Gasteiger partial charge in [-0.3, -0.25) is 0 Å². The standard InChI is InChI=1S/C26H31OSi2/c1-17-25-22-16-19-9-7-8-10-21(19)24(22)23(26(17)29(25,5)6)20-12-11-18(15-20)13-14-27-28(2,3)4/h7-11,15,21H,12-14H2,1-6H3. The highest BCUT2D eigenvalue weighted by Gasteiger charge is 2.48. The summed E-state index contributed by atoms with van der Waals surface area (Å²) >= 11 is 0. The third kappa shape index (κ3) is 2.89. The van der Waals surface area contributed by atoms with E-state index in [-0.39, 0.29) is 0 Å². The predicted octanol–water partition coefficient (Wildman–Crippen LogP) is 5.39. The van der Waals surface area contributed by atoms with Gasteiger partial charge in [-0.1, -0.05) is 55.1 Å². The second-order valence-corrected chi connectivity index (χ2v) is 19.1. The van der Waals surface area contributed by atoms with Crippen molar-refractivity contribution in [3.05, 3.63) is 75.9 Å². The van der Waals surface area contributed by atoms with Crippen molar-refractivity contribution in [2.24, 2.45) is 0 Å². The number of hydrogen-bond donors (Lipinski definition) is 0. The number of aryl methyl sites for hydroxylation is 1. The van der Waals surface area contributed by atoms with Gasteiger partial charge in [-0.05, 0) is 89.3 Å². The van der Waals surface area contributed by atoms with Crippen LogP contribution < -0.4 is 10.4 Å². The molecule has 6 rings (SSSR count). The molecule has 0 saturated carbocycles. The van der Waals surface area contributed by atoms with Gasteiger partial charge in [-0.15, -0.1) is 0 Å². The van der Waals surface area contributed by atoms with Crippen LogP contribution in [0.3, 0.4) is 0 Å². The molecule has 29 heavy (non-hydrogen) atoms. The maximum Gasteiger partial charge on any atom is 0.183 e. The lowest BCUT2D eigenvalue weighted by atomic mass is 9.84. The SMILES string of the molecule is Cc1c2c3c(c(C4=CC(CCO[Si](C)(C)C)=CC4)c1[Si]2(C)C)C1C=CC=CC1=[C]3. The van der Waals surface area contributed by atoms with Crippen molar-refractivity contribution < 1.29 is 4.43 Å². The number of allylic oxidation sites excluding steroid dienone is 8. The highest BCUT2D eigenvalue weighted by Crippen LogP contribution is 2.46. The molecule has 0 amide bonds. The lowest BCUT2D eigenvalue weighted by Gasteiger charge is -2.44. The lowest BCUT2D eigenvalue weighted by Crippen LogP contribution is -2.68. The first kappa shape index (κ1) is 19.3. The molecule has 0 aromatic heterocycles. The first-order chi connectivity index (χ1) is 13.7. The Labute approximate surface area is 177 Å². The Morgan fingerprint density at radius 2 is 1.97 bits per heavy atom. The first-order valence-electron chi connectivity index (χ1n) is 10.9. The van der Waals surface area contributed by atoms with E-state index < -0.39 is 16.4 Å². The van der Waals surface area contributed by atoms with Gasteiger partial charge in [-0.2, -0.15) is 0 Å². The third-order valence-corrected chi connectivity index (χ3v) is 11.7. The largest absolute Gasteiger partial charge is 0.417 e. The summed E-state index contributed by atoms with van der Waals surface area (Å²) in [7, 11) is -2.96. The Morgan fingerprint density at radius 1 is 1.17 bits per heavy atom. The van der Waals surface area contributed by atoms with Gasteiger partial charge in [0.1, 0.15) is 8.07 Å². The van der Waals surface area contributed by atoms with Crippen LogP contribution >= 0.6 is 0 Å². The highest BCUT2D eigenvalue weighted by molar-refractivity contribution is 7.06. The van der Waals surface area contributed by atoms with E-state index in [4.69, 9.17) is 4.43 Å². The first-order valence-corrected chi connectivity index (χ1v) is 17.3. The third-order valence-electron chi connectivity index (χ3n) is 6.84. The molecule has 2 bridgehead atoms. The van der Waals surface area contributed by atoms with Crippen molar-refractivity contribution in [2.45, 2.75) is 58.4 Å². The molecule has 1 atom stereocenters. The molecule has 1 unspecified atom stereocenters. The number of rotatable bonds is 5. The van der Waals surface area contributed by atoms with Crippen molar-refractivity contribution >= 4 is 32.3 Å². The van der Waals surface area contributed by atoms with E-state index in [0.717, 1.165) is 19.4 Å². The van der Waals surface area contributed by atoms with Gasteiger partial charge >= 0.3 is 0 Å². The van der Waals surface area contributed by atoms with Crippen LogP contribution in [-0.4, -0.2) is 23.0 Å². The second kappa shape index (κ2) is 6.40. The van der Waals surface area contributed by atoms with Crippen molar-refractivity contribution in [2.75, 3.05) is 6.61 Å². The number of fused-ring (bicyclic) bond motifs is 1. The normalized spacial score (nSPS) is 22.7. The summed E-state index contributed by atoms with van der Waals surface area (Å²) in [5.41, 5.74) is 10.4. The van der Waals surface area contributed by atoms with E-state index in [1.807, 2.05) is 0 Å². The zero-order chi connectivity index (χ0) is 20.6. The summed E-state index contributed by atoms with van der Waals surface area (Å²) in [5.74, 6) is 0.397. The fraction of sp³-hybridized carbons (Fsp3) is 0.385. The maximum absolute atomic E-state index is 6.11. The Balaban J connectivity index is 1.53. The monoisotopic (exact) mass is 415 g/mol. The van der Waals surface area contributed by atoms with E-state index in [9.17, 15) is 0 Å². The smallest absolute Gasteiger partial charge is 0.183 e. The summed E-state index contributed by atoms with van der Waals surface area (Å²) in [6.45, 7) is 15.1. The maximum atomic E-state index is 6.11.